The molecule has 7 heteroatoms. The van der Waals surface area contributed by atoms with E-state index < -0.39 is 0 Å². The van der Waals surface area contributed by atoms with Crippen molar-refractivity contribution in [2.24, 2.45) is 11.7 Å². The zero-order chi connectivity index (χ0) is 21.8. The predicted molar refractivity (Wildman–Crippen MR) is 119 cm³/mol. The molecule has 3 aliphatic rings. The number of benzene rings is 2. The summed E-state index contributed by atoms with van der Waals surface area (Å²) in [5, 5.41) is 3.04. The van der Waals surface area contributed by atoms with Crippen LogP contribution in [-0.4, -0.2) is 43.3 Å². The summed E-state index contributed by atoms with van der Waals surface area (Å²) >= 11 is 0. The standard InChI is InChI=1S/C20H21NO4.C4H7NO.2H2/c1-13-5-4-6-14(11-13)25-17-8-3-2-7-15(17)20(22)21-16-12-24-18-9-10-23-19(16)18;5-4(6)3-1-2-3;;/h2-8,11,16,18-19H,9-10,12H2,1H3,(H,21,22);3H,1-2H2,(H2,5,6);2*1H/t16-,18+,19+;;;/m0.../s1. The minimum absolute atomic E-state index is 0. The molecule has 3 atom stereocenters. The highest BCUT2D eigenvalue weighted by molar-refractivity contribution is 5.97. The Morgan fingerprint density at radius 1 is 1.10 bits per heavy atom. The Morgan fingerprint density at radius 2 is 1.90 bits per heavy atom. The van der Waals surface area contributed by atoms with Gasteiger partial charge in [-0.15, -0.1) is 0 Å². The van der Waals surface area contributed by atoms with Gasteiger partial charge in [0, 0.05) is 15.4 Å². The summed E-state index contributed by atoms with van der Waals surface area (Å²) < 4.78 is 17.3. The fourth-order valence-corrected chi connectivity index (χ4v) is 3.75. The summed E-state index contributed by atoms with van der Waals surface area (Å²) in [6, 6.07) is 14.9. The molecule has 168 valence electrons. The Labute approximate surface area is 184 Å². The van der Waals surface area contributed by atoms with Crippen LogP contribution in [0, 0.1) is 12.8 Å². The number of aryl methyl sites for hydroxylation is 1. The predicted octanol–water partition coefficient (Wildman–Crippen LogP) is 3.45. The minimum atomic E-state index is -0.173. The van der Waals surface area contributed by atoms with E-state index in [-0.39, 0.29) is 38.8 Å². The van der Waals surface area contributed by atoms with Crippen molar-refractivity contribution in [1.29, 1.82) is 0 Å². The number of nitrogens with one attached hydrogen (secondary N) is 1. The van der Waals surface area contributed by atoms with Gasteiger partial charge in [-0.05, 0) is 56.0 Å². The first kappa shape index (κ1) is 21.3. The Kier molecular flexibility index (Phi) is 6.53. The third-order valence-electron chi connectivity index (χ3n) is 5.61. The van der Waals surface area contributed by atoms with E-state index in [1.807, 2.05) is 43.3 Å². The Balaban J connectivity index is 0.000000422. The number of primary amides is 1. The van der Waals surface area contributed by atoms with Crippen molar-refractivity contribution >= 4 is 11.8 Å². The first-order valence-electron chi connectivity index (χ1n) is 10.7. The van der Waals surface area contributed by atoms with E-state index in [1.165, 1.54) is 0 Å². The number of rotatable bonds is 5. The van der Waals surface area contributed by atoms with Crippen molar-refractivity contribution in [1.82, 2.24) is 5.32 Å². The number of nitrogens with two attached hydrogens (primary N) is 1. The molecule has 0 spiro atoms. The Morgan fingerprint density at radius 3 is 2.61 bits per heavy atom. The van der Waals surface area contributed by atoms with Gasteiger partial charge >= 0.3 is 0 Å². The number of hydrogen-bond acceptors (Lipinski definition) is 5. The van der Waals surface area contributed by atoms with Gasteiger partial charge in [0.25, 0.3) is 5.91 Å². The average Bonchev–Trinajstić information content (AvgIpc) is 3.40. The highest BCUT2D eigenvalue weighted by Gasteiger charge is 2.42. The molecule has 3 fully saturated rings. The summed E-state index contributed by atoms with van der Waals surface area (Å²) in [5.74, 6) is 1.19. The molecular weight excluding hydrogens is 396 g/mol. The molecule has 0 aromatic heterocycles. The molecule has 2 aromatic rings. The molecule has 5 rings (SSSR count). The molecule has 2 aliphatic heterocycles. The molecule has 2 heterocycles. The van der Waals surface area contributed by atoms with Crippen LogP contribution in [0.1, 0.15) is 38.0 Å². The van der Waals surface area contributed by atoms with Crippen LogP contribution in [-0.2, 0) is 14.3 Å². The molecule has 2 amide bonds. The van der Waals surface area contributed by atoms with E-state index in [1.54, 1.807) is 12.1 Å². The first-order chi connectivity index (χ1) is 15.0. The number of amides is 2. The van der Waals surface area contributed by atoms with Crippen LogP contribution in [0.15, 0.2) is 48.5 Å². The lowest BCUT2D eigenvalue weighted by Crippen LogP contribution is -2.43. The van der Waals surface area contributed by atoms with Crippen molar-refractivity contribution < 1.29 is 26.7 Å². The molecule has 2 aromatic carbocycles. The second-order valence-corrected chi connectivity index (χ2v) is 8.17. The summed E-state index contributed by atoms with van der Waals surface area (Å²) in [7, 11) is 0. The topological polar surface area (TPSA) is 99.9 Å². The van der Waals surface area contributed by atoms with Gasteiger partial charge in [0.1, 0.15) is 17.6 Å². The van der Waals surface area contributed by atoms with E-state index in [0.29, 0.717) is 30.3 Å². The fraction of sp³-hybridized carbons (Fsp3) is 0.417. The van der Waals surface area contributed by atoms with Crippen LogP contribution in [0.25, 0.3) is 0 Å². The fourth-order valence-electron chi connectivity index (χ4n) is 3.75. The highest BCUT2D eigenvalue weighted by atomic mass is 16.6. The maximum absolute atomic E-state index is 12.8. The number of fused-ring (bicyclic) bond motifs is 1. The van der Waals surface area contributed by atoms with Gasteiger partial charge < -0.3 is 25.3 Å². The second-order valence-electron chi connectivity index (χ2n) is 8.17. The van der Waals surface area contributed by atoms with E-state index in [2.05, 4.69) is 5.32 Å². The number of para-hydroxylation sites is 1. The number of carbonyl (C=O) groups excluding carboxylic acids is 2. The third kappa shape index (κ3) is 5.42. The van der Waals surface area contributed by atoms with Crippen LogP contribution >= 0.6 is 0 Å². The maximum Gasteiger partial charge on any atom is 0.255 e. The van der Waals surface area contributed by atoms with Crippen LogP contribution in [0.3, 0.4) is 0 Å². The molecule has 1 aliphatic carbocycles. The smallest absolute Gasteiger partial charge is 0.255 e. The summed E-state index contributed by atoms with van der Waals surface area (Å²) in [4.78, 5) is 22.7. The molecule has 1 saturated carbocycles. The van der Waals surface area contributed by atoms with Gasteiger partial charge in [-0.1, -0.05) is 24.3 Å². The highest BCUT2D eigenvalue weighted by Crippen LogP contribution is 2.29. The molecule has 3 N–H and O–H groups in total. The lowest BCUT2D eigenvalue weighted by molar-refractivity contribution is -0.119. The van der Waals surface area contributed by atoms with Crippen molar-refractivity contribution in [3.05, 3.63) is 59.7 Å². The number of ether oxygens (including phenoxy) is 3. The minimum Gasteiger partial charge on any atom is -0.457 e. The van der Waals surface area contributed by atoms with Crippen molar-refractivity contribution in [3.8, 4) is 11.5 Å². The lowest BCUT2D eigenvalue weighted by Gasteiger charge is -2.18. The van der Waals surface area contributed by atoms with Crippen LogP contribution in [0.5, 0.6) is 11.5 Å². The molecule has 2 saturated heterocycles. The van der Waals surface area contributed by atoms with Gasteiger partial charge in [-0.3, -0.25) is 9.59 Å². The molecule has 7 nitrogen and oxygen atoms in total. The molecule has 31 heavy (non-hydrogen) atoms. The number of hydrogen-bond donors (Lipinski definition) is 2. The average molecular weight is 429 g/mol. The van der Waals surface area contributed by atoms with Gasteiger partial charge in [-0.2, -0.15) is 0 Å². The van der Waals surface area contributed by atoms with Crippen LogP contribution < -0.4 is 15.8 Å². The lowest BCUT2D eigenvalue weighted by atomic mass is 10.1. The van der Waals surface area contributed by atoms with Crippen molar-refractivity contribution in [2.75, 3.05) is 13.2 Å². The van der Waals surface area contributed by atoms with Crippen LogP contribution in [0.2, 0.25) is 0 Å². The van der Waals surface area contributed by atoms with Gasteiger partial charge in [0.2, 0.25) is 5.91 Å². The summed E-state index contributed by atoms with van der Waals surface area (Å²) in [6.45, 7) is 3.18. The molecule has 0 bridgehead atoms. The monoisotopic (exact) mass is 428 g/mol. The van der Waals surface area contributed by atoms with E-state index >= 15 is 0 Å². The Bertz CT molecular complexity index is 954. The summed E-state index contributed by atoms with van der Waals surface area (Å²) in [6.07, 6.45) is 2.99. The molecule has 0 unspecified atom stereocenters. The van der Waals surface area contributed by atoms with E-state index in [0.717, 1.165) is 24.8 Å². The first-order valence-corrected chi connectivity index (χ1v) is 10.7. The maximum atomic E-state index is 12.8. The van der Waals surface area contributed by atoms with E-state index in [9.17, 15) is 9.59 Å². The summed E-state index contributed by atoms with van der Waals surface area (Å²) in [5.41, 5.74) is 6.47. The largest absolute Gasteiger partial charge is 0.457 e. The van der Waals surface area contributed by atoms with Gasteiger partial charge in [-0.25, -0.2) is 0 Å². The zero-order valence-corrected chi connectivity index (χ0v) is 17.6. The quantitative estimate of drug-likeness (QED) is 0.760. The van der Waals surface area contributed by atoms with Crippen molar-refractivity contribution in [3.63, 3.8) is 0 Å². The molecular formula is C24H32N2O5. The van der Waals surface area contributed by atoms with E-state index in [4.69, 9.17) is 19.9 Å². The van der Waals surface area contributed by atoms with Gasteiger partial charge in [0.05, 0.1) is 24.3 Å². The Hall–Kier alpha value is -2.90. The third-order valence-corrected chi connectivity index (χ3v) is 5.61. The number of carbonyl (C=O) groups is 2. The van der Waals surface area contributed by atoms with Crippen molar-refractivity contribution in [2.45, 2.75) is 44.4 Å². The SMILES string of the molecule is Cc1cccc(Oc2ccccc2C(=O)N[C@H]2CO[C@@H]3CCO[C@H]23)c1.NC(=O)C1CC1.[HH].[HH]. The molecule has 0 radical (unpaired) electrons. The van der Waals surface area contributed by atoms with Crippen LogP contribution in [0.4, 0.5) is 0 Å². The van der Waals surface area contributed by atoms with Gasteiger partial charge in [0.15, 0.2) is 0 Å². The zero-order valence-electron chi connectivity index (χ0n) is 17.6. The normalized spacial score (nSPS) is 24.0. The second kappa shape index (κ2) is 9.49.